The summed E-state index contributed by atoms with van der Waals surface area (Å²) in [6, 6.07) is 13.4. The molecule has 5 rings (SSSR count). The van der Waals surface area contributed by atoms with Crippen LogP contribution in [-0.2, 0) is 4.74 Å². The zero-order valence-electron chi connectivity index (χ0n) is 21.2. The van der Waals surface area contributed by atoms with E-state index in [1.807, 2.05) is 30.3 Å². The molecule has 3 aromatic rings. The Labute approximate surface area is 211 Å². The molecule has 1 saturated heterocycles. The normalized spacial score (nSPS) is 20.2. The highest BCUT2D eigenvalue weighted by molar-refractivity contribution is 6.04. The molecule has 36 heavy (non-hydrogen) atoms. The monoisotopic (exact) mass is 490 g/mol. The number of aromatic nitrogens is 1. The number of ether oxygens (including phenoxy) is 2. The zero-order chi connectivity index (χ0) is 25.2. The van der Waals surface area contributed by atoms with E-state index < -0.39 is 0 Å². The van der Waals surface area contributed by atoms with Crippen LogP contribution in [0.1, 0.15) is 41.2 Å². The van der Waals surface area contributed by atoms with Crippen molar-refractivity contribution in [2.45, 2.75) is 31.2 Å². The first-order valence-electron chi connectivity index (χ1n) is 12.6. The maximum Gasteiger partial charge on any atom is 0.272 e. The van der Waals surface area contributed by atoms with Gasteiger partial charge in [0.1, 0.15) is 11.4 Å². The summed E-state index contributed by atoms with van der Waals surface area (Å²) >= 11 is 0. The van der Waals surface area contributed by atoms with Gasteiger partial charge in [0.15, 0.2) is 5.43 Å². The molecule has 0 spiro atoms. The molecular weight excluding hydrogens is 456 g/mol. The predicted molar refractivity (Wildman–Crippen MR) is 143 cm³/mol. The predicted octanol–water partition coefficient (Wildman–Crippen LogP) is 3.82. The van der Waals surface area contributed by atoms with Crippen molar-refractivity contribution < 1.29 is 14.3 Å². The molecule has 2 unspecified atom stereocenters. The molecule has 0 bridgehead atoms. The summed E-state index contributed by atoms with van der Waals surface area (Å²) in [5.41, 5.74) is 3.59. The van der Waals surface area contributed by atoms with Crippen molar-refractivity contribution in [3.05, 3.63) is 63.9 Å². The highest BCUT2D eigenvalue weighted by atomic mass is 16.5. The van der Waals surface area contributed by atoms with Crippen molar-refractivity contribution in [2.24, 2.45) is 0 Å². The summed E-state index contributed by atoms with van der Waals surface area (Å²) in [6.45, 7) is 3.15. The number of nitrogens with one attached hydrogen (secondary N) is 2. The van der Waals surface area contributed by atoms with Gasteiger partial charge in [-0.25, -0.2) is 0 Å². The molecule has 8 heteroatoms. The van der Waals surface area contributed by atoms with Crippen molar-refractivity contribution in [3.8, 4) is 5.75 Å². The molecule has 190 valence electrons. The molecule has 2 aliphatic rings. The first-order valence-corrected chi connectivity index (χ1v) is 12.6. The van der Waals surface area contributed by atoms with Gasteiger partial charge in [-0.2, -0.15) is 0 Å². The Hall–Kier alpha value is -3.36. The van der Waals surface area contributed by atoms with Crippen molar-refractivity contribution in [3.63, 3.8) is 0 Å². The lowest BCUT2D eigenvalue weighted by Crippen LogP contribution is -2.36. The lowest BCUT2D eigenvalue weighted by atomic mass is 9.94. The van der Waals surface area contributed by atoms with E-state index in [4.69, 9.17) is 9.47 Å². The summed E-state index contributed by atoms with van der Waals surface area (Å²) in [4.78, 5) is 34.1. The maximum atomic E-state index is 13.2. The third kappa shape index (κ3) is 4.96. The summed E-state index contributed by atoms with van der Waals surface area (Å²) in [6.07, 6.45) is 3.13. The van der Waals surface area contributed by atoms with Crippen molar-refractivity contribution in [1.82, 2.24) is 9.88 Å². The molecule has 1 amide bonds. The van der Waals surface area contributed by atoms with Crippen LogP contribution in [0.15, 0.2) is 47.3 Å². The topological polar surface area (TPSA) is 86.9 Å². The van der Waals surface area contributed by atoms with Gasteiger partial charge >= 0.3 is 0 Å². The summed E-state index contributed by atoms with van der Waals surface area (Å²) in [5.74, 6) is 0.609. The first kappa shape index (κ1) is 24.3. The molecule has 2 atom stereocenters. The van der Waals surface area contributed by atoms with Gasteiger partial charge < -0.3 is 29.6 Å². The Morgan fingerprint density at radius 1 is 1.11 bits per heavy atom. The molecule has 2 fully saturated rings. The van der Waals surface area contributed by atoms with Gasteiger partial charge in [0, 0.05) is 42.0 Å². The maximum absolute atomic E-state index is 13.2. The average Bonchev–Trinajstić information content (AvgIpc) is 3.40. The summed E-state index contributed by atoms with van der Waals surface area (Å²) in [7, 11) is 5.83. The van der Waals surface area contributed by atoms with Crippen LogP contribution < -0.4 is 20.4 Å². The Balaban J connectivity index is 1.42. The number of carbonyl (C=O) groups excluding carboxylic acids is 1. The minimum Gasteiger partial charge on any atom is -0.497 e. The van der Waals surface area contributed by atoms with E-state index in [2.05, 4.69) is 34.2 Å². The Morgan fingerprint density at radius 2 is 1.86 bits per heavy atom. The lowest BCUT2D eigenvalue weighted by molar-refractivity contribution is 0.102. The standard InChI is InChI=1S/C28H34N4O4/c1-31(2)21-7-4-18(14-21)23-15-22(35-3)16-24-26(33)17-25(30-27(23)24)28(34)29-19-5-8-20(9-6-19)32-10-12-36-13-11-32/h5-6,8-9,15-18,21H,4,7,10-14H2,1-3H3,(H,29,34)(H,30,33). The fourth-order valence-corrected chi connectivity index (χ4v) is 5.40. The van der Waals surface area contributed by atoms with Crippen LogP contribution in [0.4, 0.5) is 11.4 Å². The van der Waals surface area contributed by atoms with Gasteiger partial charge in [0.05, 0.1) is 25.8 Å². The summed E-state index contributed by atoms with van der Waals surface area (Å²) in [5, 5.41) is 3.48. The van der Waals surface area contributed by atoms with Gasteiger partial charge in [0.25, 0.3) is 5.91 Å². The molecular formula is C28H34N4O4. The SMILES string of the molecule is COc1cc(C2CCC(N(C)C)C2)c2[nH]c(C(=O)Nc3ccc(N4CCOCC4)cc3)cc(=O)c2c1. The third-order valence-electron chi connectivity index (χ3n) is 7.50. The number of hydrogen-bond donors (Lipinski definition) is 2. The number of benzene rings is 2. The van der Waals surface area contributed by atoms with Crippen molar-refractivity contribution in [2.75, 3.05) is 57.7 Å². The number of methoxy groups -OCH3 is 1. The number of pyridine rings is 1. The number of amides is 1. The lowest BCUT2D eigenvalue weighted by Gasteiger charge is -2.28. The highest BCUT2D eigenvalue weighted by Gasteiger charge is 2.29. The number of rotatable bonds is 6. The molecule has 1 saturated carbocycles. The molecule has 0 radical (unpaired) electrons. The number of morpholine rings is 1. The zero-order valence-corrected chi connectivity index (χ0v) is 21.2. The van der Waals surface area contributed by atoms with Crippen LogP contribution in [0.3, 0.4) is 0 Å². The van der Waals surface area contributed by atoms with E-state index in [1.165, 1.54) is 6.07 Å². The average molecular weight is 491 g/mol. The van der Waals surface area contributed by atoms with Gasteiger partial charge in [-0.05, 0) is 81.2 Å². The van der Waals surface area contributed by atoms with E-state index in [9.17, 15) is 9.59 Å². The second kappa shape index (κ2) is 10.3. The van der Waals surface area contributed by atoms with Crippen LogP contribution in [0.25, 0.3) is 10.9 Å². The molecule has 1 aromatic heterocycles. The smallest absolute Gasteiger partial charge is 0.272 e. The van der Waals surface area contributed by atoms with Crippen molar-refractivity contribution in [1.29, 1.82) is 0 Å². The summed E-state index contributed by atoms with van der Waals surface area (Å²) < 4.78 is 10.9. The molecule has 1 aliphatic carbocycles. The van der Waals surface area contributed by atoms with Crippen LogP contribution in [0.2, 0.25) is 0 Å². The molecule has 2 heterocycles. The highest BCUT2D eigenvalue weighted by Crippen LogP contribution is 2.40. The number of aromatic amines is 1. The van der Waals surface area contributed by atoms with Gasteiger partial charge in [-0.1, -0.05) is 0 Å². The Kier molecular flexibility index (Phi) is 6.98. The second-order valence-electron chi connectivity index (χ2n) is 9.91. The second-order valence-corrected chi connectivity index (χ2v) is 9.91. The van der Waals surface area contributed by atoms with E-state index >= 15 is 0 Å². The number of carbonyl (C=O) groups is 1. The molecule has 1 aliphatic heterocycles. The number of hydrogen-bond acceptors (Lipinski definition) is 6. The van der Waals surface area contributed by atoms with Crippen LogP contribution in [-0.4, -0.2) is 69.3 Å². The van der Waals surface area contributed by atoms with E-state index in [0.717, 1.165) is 62.3 Å². The van der Waals surface area contributed by atoms with Crippen LogP contribution in [0.5, 0.6) is 5.75 Å². The molecule has 8 nitrogen and oxygen atoms in total. The number of fused-ring (bicyclic) bond motifs is 1. The van der Waals surface area contributed by atoms with Crippen LogP contribution in [0, 0.1) is 0 Å². The largest absolute Gasteiger partial charge is 0.497 e. The Morgan fingerprint density at radius 3 is 2.53 bits per heavy atom. The van der Waals surface area contributed by atoms with E-state index in [-0.39, 0.29) is 22.9 Å². The third-order valence-corrected chi connectivity index (χ3v) is 7.50. The first-order chi connectivity index (χ1) is 17.4. The number of H-pyrrole nitrogens is 1. The van der Waals surface area contributed by atoms with Gasteiger partial charge in [-0.15, -0.1) is 0 Å². The fourth-order valence-electron chi connectivity index (χ4n) is 5.40. The van der Waals surface area contributed by atoms with E-state index in [1.54, 1.807) is 13.2 Å². The quantitative estimate of drug-likeness (QED) is 0.546. The van der Waals surface area contributed by atoms with E-state index in [0.29, 0.717) is 22.9 Å². The Bertz CT molecular complexity index is 1300. The molecule has 2 N–H and O–H groups in total. The minimum atomic E-state index is -0.340. The van der Waals surface area contributed by atoms with Gasteiger partial charge in [-0.3, -0.25) is 9.59 Å². The minimum absolute atomic E-state index is 0.195. The van der Waals surface area contributed by atoms with Crippen LogP contribution >= 0.6 is 0 Å². The number of nitrogens with zero attached hydrogens (tertiary/aromatic N) is 2. The molecule has 2 aromatic carbocycles. The fraction of sp³-hybridized carbons (Fsp3) is 0.429. The van der Waals surface area contributed by atoms with Gasteiger partial charge in [0.2, 0.25) is 0 Å². The van der Waals surface area contributed by atoms with Crippen molar-refractivity contribution >= 4 is 28.2 Å². The number of anilines is 2.